The Kier molecular flexibility index (Phi) is 5.81. The number of benzene rings is 6. The van der Waals surface area contributed by atoms with Crippen molar-refractivity contribution in [3.05, 3.63) is 151 Å². The van der Waals surface area contributed by atoms with E-state index in [4.69, 9.17) is 15.0 Å². The molecular weight excluding hydrogens is 560 g/mol. The Balaban J connectivity index is 1.21. The lowest BCUT2D eigenvalue weighted by Crippen LogP contribution is -2.15. The molecule has 0 bridgehead atoms. The van der Waals surface area contributed by atoms with E-state index in [2.05, 4.69) is 122 Å². The van der Waals surface area contributed by atoms with Crippen LogP contribution in [0, 0.1) is 0 Å². The first-order valence-electron chi connectivity index (χ1n) is 15.7. The summed E-state index contributed by atoms with van der Waals surface area (Å²) >= 11 is 0. The molecule has 4 nitrogen and oxygen atoms in total. The van der Waals surface area contributed by atoms with Gasteiger partial charge in [0, 0.05) is 43.9 Å². The third-order valence-electron chi connectivity index (χ3n) is 9.48. The van der Waals surface area contributed by atoms with Gasteiger partial charge in [-0.25, -0.2) is 15.0 Å². The lowest BCUT2D eigenvalue weighted by molar-refractivity contribution is 0.660. The summed E-state index contributed by atoms with van der Waals surface area (Å²) < 4.78 is 0. The number of para-hydroxylation sites is 1. The smallest absolute Gasteiger partial charge is 0.164 e. The minimum atomic E-state index is -0.195. The maximum absolute atomic E-state index is 5.09. The van der Waals surface area contributed by atoms with Crippen molar-refractivity contribution in [2.75, 3.05) is 0 Å². The number of hydrogen-bond acceptors (Lipinski definition) is 3. The SMILES string of the molecule is CC1(C)c2cc(-c3ccc4[nH]c5ccccc5c4c3)ccc2-c2c(-c3nc(-c4ccccc4)nc(-c4ccccc4)n3)cccc21. The zero-order valence-corrected chi connectivity index (χ0v) is 25.6. The molecule has 46 heavy (non-hydrogen) atoms. The molecule has 0 amide bonds. The lowest BCUT2D eigenvalue weighted by Gasteiger charge is -2.22. The van der Waals surface area contributed by atoms with E-state index in [9.17, 15) is 0 Å². The first-order chi connectivity index (χ1) is 22.5. The van der Waals surface area contributed by atoms with E-state index in [1.165, 1.54) is 44.2 Å². The van der Waals surface area contributed by atoms with Gasteiger partial charge < -0.3 is 4.98 Å². The molecule has 2 aromatic heterocycles. The number of rotatable bonds is 4. The van der Waals surface area contributed by atoms with Crippen LogP contribution in [-0.4, -0.2) is 19.9 Å². The number of nitrogens with one attached hydrogen (secondary N) is 1. The largest absolute Gasteiger partial charge is 0.355 e. The predicted molar refractivity (Wildman–Crippen MR) is 188 cm³/mol. The summed E-state index contributed by atoms with van der Waals surface area (Å²) in [5.74, 6) is 2.02. The molecule has 4 heteroatoms. The molecule has 218 valence electrons. The normalized spacial score (nSPS) is 13.2. The third kappa shape index (κ3) is 4.11. The highest BCUT2D eigenvalue weighted by molar-refractivity contribution is 6.08. The van der Waals surface area contributed by atoms with E-state index in [0.717, 1.165) is 27.7 Å². The fraction of sp³-hybridized carbons (Fsp3) is 0.0714. The summed E-state index contributed by atoms with van der Waals surface area (Å²) in [5.41, 5.74) is 12.5. The average molecular weight is 591 g/mol. The highest BCUT2D eigenvalue weighted by Gasteiger charge is 2.37. The minimum Gasteiger partial charge on any atom is -0.355 e. The maximum atomic E-state index is 5.09. The van der Waals surface area contributed by atoms with Gasteiger partial charge in [0.1, 0.15) is 0 Å². The van der Waals surface area contributed by atoms with Crippen molar-refractivity contribution in [1.82, 2.24) is 19.9 Å². The fourth-order valence-corrected chi connectivity index (χ4v) is 7.11. The quantitative estimate of drug-likeness (QED) is 0.222. The van der Waals surface area contributed by atoms with Gasteiger partial charge in [-0.3, -0.25) is 0 Å². The number of hydrogen-bond donors (Lipinski definition) is 1. The topological polar surface area (TPSA) is 54.5 Å². The van der Waals surface area contributed by atoms with Crippen LogP contribution >= 0.6 is 0 Å². The van der Waals surface area contributed by atoms with Crippen LogP contribution in [0.4, 0.5) is 0 Å². The van der Waals surface area contributed by atoms with Crippen molar-refractivity contribution in [2.24, 2.45) is 0 Å². The molecule has 2 heterocycles. The van der Waals surface area contributed by atoms with Crippen molar-refractivity contribution in [2.45, 2.75) is 19.3 Å². The van der Waals surface area contributed by atoms with Gasteiger partial charge in [-0.1, -0.05) is 129 Å². The number of fused-ring (bicyclic) bond motifs is 6. The van der Waals surface area contributed by atoms with Crippen molar-refractivity contribution >= 4 is 21.8 Å². The van der Waals surface area contributed by atoms with Crippen LogP contribution < -0.4 is 0 Å². The summed E-state index contributed by atoms with van der Waals surface area (Å²) in [7, 11) is 0. The Hall–Kier alpha value is -5.87. The Morgan fingerprint density at radius 2 is 1.04 bits per heavy atom. The molecule has 1 aliphatic rings. The van der Waals surface area contributed by atoms with Gasteiger partial charge in [0.2, 0.25) is 0 Å². The van der Waals surface area contributed by atoms with Crippen molar-refractivity contribution in [3.63, 3.8) is 0 Å². The number of aromatic amines is 1. The van der Waals surface area contributed by atoms with Crippen LogP contribution in [0.25, 0.3) is 78.2 Å². The molecule has 0 spiro atoms. The average Bonchev–Trinajstić information content (AvgIpc) is 3.60. The molecule has 8 aromatic rings. The van der Waals surface area contributed by atoms with Gasteiger partial charge in [0.25, 0.3) is 0 Å². The van der Waals surface area contributed by atoms with Crippen LogP contribution in [-0.2, 0) is 5.41 Å². The van der Waals surface area contributed by atoms with Crippen molar-refractivity contribution < 1.29 is 0 Å². The van der Waals surface area contributed by atoms with Crippen LogP contribution in [0.15, 0.2) is 140 Å². The number of aromatic nitrogens is 4. The van der Waals surface area contributed by atoms with E-state index < -0.39 is 0 Å². The van der Waals surface area contributed by atoms with E-state index in [1.807, 2.05) is 36.4 Å². The second kappa shape index (κ2) is 10.1. The van der Waals surface area contributed by atoms with E-state index in [-0.39, 0.29) is 5.41 Å². The van der Waals surface area contributed by atoms with Crippen molar-refractivity contribution in [1.29, 1.82) is 0 Å². The van der Waals surface area contributed by atoms with E-state index in [1.54, 1.807) is 0 Å². The van der Waals surface area contributed by atoms with Gasteiger partial charge in [0.05, 0.1) is 0 Å². The monoisotopic (exact) mass is 590 g/mol. The molecule has 1 aliphatic carbocycles. The molecule has 6 aromatic carbocycles. The zero-order valence-electron chi connectivity index (χ0n) is 25.6. The Morgan fingerprint density at radius 3 is 1.78 bits per heavy atom. The Morgan fingerprint density at radius 1 is 0.435 bits per heavy atom. The summed E-state index contributed by atoms with van der Waals surface area (Å²) in [6.45, 7) is 4.65. The summed E-state index contributed by atoms with van der Waals surface area (Å²) in [6, 6.07) is 49.1. The lowest BCUT2D eigenvalue weighted by atomic mass is 9.81. The fourth-order valence-electron chi connectivity index (χ4n) is 7.11. The minimum absolute atomic E-state index is 0.195. The molecule has 0 saturated heterocycles. The Labute approximate surface area is 267 Å². The van der Waals surface area contributed by atoms with E-state index >= 15 is 0 Å². The summed E-state index contributed by atoms with van der Waals surface area (Å²) in [4.78, 5) is 18.7. The summed E-state index contributed by atoms with van der Waals surface area (Å²) in [5, 5.41) is 2.50. The highest BCUT2D eigenvalue weighted by Crippen LogP contribution is 2.52. The van der Waals surface area contributed by atoms with Crippen LogP contribution in [0.5, 0.6) is 0 Å². The van der Waals surface area contributed by atoms with Gasteiger partial charge in [0.15, 0.2) is 17.5 Å². The van der Waals surface area contributed by atoms with Gasteiger partial charge >= 0.3 is 0 Å². The number of H-pyrrole nitrogens is 1. The summed E-state index contributed by atoms with van der Waals surface area (Å²) in [6.07, 6.45) is 0. The highest BCUT2D eigenvalue weighted by atomic mass is 15.0. The Bertz CT molecular complexity index is 2380. The second-order valence-electron chi connectivity index (χ2n) is 12.6. The zero-order chi connectivity index (χ0) is 30.8. The van der Waals surface area contributed by atoms with Crippen molar-refractivity contribution in [3.8, 4) is 56.4 Å². The maximum Gasteiger partial charge on any atom is 0.164 e. The second-order valence-corrected chi connectivity index (χ2v) is 12.6. The van der Waals surface area contributed by atoms with Gasteiger partial charge in [-0.15, -0.1) is 0 Å². The molecule has 9 rings (SSSR count). The van der Waals surface area contributed by atoms with Crippen LogP contribution in [0.3, 0.4) is 0 Å². The first-order valence-corrected chi connectivity index (χ1v) is 15.7. The van der Waals surface area contributed by atoms with Gasteiger partial charge in [-0.05, 0) is 57.6 Å². The molecule has 0 atom stereocenters. The van der Waals surface area contributed by atoms with E-state index in [0.29, 0.717) is 17.5 Å². The molecule has 0 radical (unpaired) electrons. The molecule has 0 saturated carbocycles. The van der Waals surface area contributed by atoms with Crippen LogP contribution in [0.2, 0.25) is 0 Å². The standard InChI is InChI=1S/C42H30N4/c1-42(2)34-18-11-17-32(41-45-39(26-12-5-3-6-13-26)44-40(46-41)27-14-7-4-8-15-27)38(34)31-22-20-29(25-35(31)42)28-21-23-37-33(24-28)30-16-9-10-19-36(30)43-37/h3-25,43H,1-2H3. The molecular formula is C42H30N4. The van der Waals surface area contributed by atoms with Gasteiger partial charge in [-0.2, -0.15) is 0 Å². The molecule has 0 aliphatic heterocycles. The predicted octanol–water partition coefficient (Wildman–Crippen LogP) is 10.5. The number of nitrogens with zero attached hydrogens (tertiary/aromatic N) is 3. The molecule has 0 unspecified atom stereocenters. The first kappa shape index (κ1) is 26.5. The third-order valence-corrected chi connectivity index (χ3v) is 9.48. The van der Waals surface area contributed by atoms with Crippen LogP contribution in [0.1, 0.15) is 25.0 Å². The molecule has 0 fully saturated rings. The molecule has 1 N–H and O–H groups in total.